The number of rotatable bonds is 3. The van der Waals surface area contributed by atoms with Gasteiger partial charge in [0.2, 0.25) is 0 Å². The lowest BCUT2D eigenvalue weighted by molar-refractivity contribution is 0.0697. The topological polar surface area (TPSA) is 49.3 Å². The van der Waals surface area contributed by atoms with Gasteiger partial charge in [-0.25, -0.2) is 4.79 Å². The maximum absolute atomic E-state index is 10.6. The van der Waals surface area contributed by atoms with Crippen molar-refractivity contribution < 1.29 is 9.90 Å². The van der Waals surface area contributed by atoms with Gasteiger partial charge >= 0.3 is 5.97 Å². The summed E-state index contributed by atoms with van der Waals surface area (Å²) in [6.45, 7) is 1.11. The Balaban J connectivity index is 2.00. The van der Waals surface area contributed by atoms with Crippen LogP contribution < -0.4 is 5.32 Å². The molecule has 1 heterocycles. The summed E-state index contributed by atoms with van der Waals surface area (Å²) in [6, 6.07) is 7.73. The van der Waals surface area contributed by atoms with E-state index in [0.29, 0.717) is 11.6 Å². The third kappa shape index (κ3) is 2.57. The zero-order chi connectivity index (χ0) is 10.7. The highest BCUT2D eigenvalue weighted by atomic mass is 16.4. The molecule has 1 saturated heterocycles. The maximum Gasteiger partial charge on any atom is 0.335 e. The van der Waals surface area contributed by atoms with Crippen LogP contribution in [0, 0.1) is 0 Å². The third-order valence-corrected chi connectivity index (χ3v) is 2.85. The first-order chi connectivity index (χ1) is 7.25. The van der Waals surface area contributed by atoms with Crippen LogP contribution in [0.5, 0.6) is 0 Å². The second-order valence-electron chi connectivity index (χ2n) is 4.00. The van der Waals surface area contributed by atoms with Gasteiger partial charge in [-0.3, -0.25) is 0 Å². The second kappa shape index (κ2) is 4.45. The zero-order valence-corrected chi connectivity index (χ0v) is 8.57. The fourth-order valence-corrected chi connectivity index (χ4v) is 2.00. The zero-order valence-electron chi connectivity index (χ0n) is 8.57. The Kier molecular flexibility index (Phi) is 3.02. The number of carboxylic acid groups (broad SMARTS) is 1. The summed E-state index contributed by atoms with van der Waals surface area (Å²) < 4.78 is 0. The number of nitrogens with one attached hydrogen (secondary N) is 1. The van der Waals surface area contributed by atoms with Gasteiger partial charge in [0.25, 0.3) is 0 Å². The number of hydrogen-bond acceptors (Lipinski definition) is 2. The van der Waals surface area contributed by atoms with Crippen LogP contribution in [0.25, 0.3) is 0 Å². The van der Waals surface area contributed by atoms with Gasteiger partial charge in [-0.15, -0.1) is 0 Å². The predicted molar refractivity (Wildman–Crippen MR) is 58.1 cm³/mol. The molecule has 0 aliphatic carbocycles. The fraction of sp³-hybridized carbons (Fsp3) is 0.417. The fourth-order valence-electron chi connectivity index (χ4n) is 2.00. The van der Waals surface area contributed by atoms with Crippen LogP contribution in [0.1, 0.15) is 28.8 Å². The Morgan fingerprint density at radius 1 is 1.40 bits per heavy atom. The lowest BCUT2D eigenvalue weighted by Gasteiger charge is -2.09. The highest BCUT2D eigenvalue weighted by Crippen LogP contribution is 2.12. The molecule has 0 amide bonds. The molecule has 1 aliphatic rings. The number of carbonyl (C=O) groups is 1. The normalized spacial score (nSPS) is 20.4. The predicted octanol–water partition coefficient (Wildman–Crippen LogP) is 1.68. The molecule has 1 fully saturated rings. The number of aromatic carboxylic acids is 1. The quantitative estimate of drug-likeness (QED) is 0.789. The molecule has 0 bridgehead atoms. The van der Waals surface area contributed by atoms with Gasteiger partial charge in [0.05, 0.1) is 5.56 Å². The van der Waals surface area contributed by atoms with Crippen molar-refractivity contribution in [1.82, 2.24) is 5.32 Å². The van der Waals surface area contributed by atoms with Crippen LogP contribution in [-0.2, 0) is 6.42 Å². The summed E-state index contributed by atoms with van der Waals surface area (Å²) in [4.78, 5) is 10.6. The van der Waals surface area contributed by atoms with E-state index in [1.54, 1.807) is 12.1 Å². The molecular formula is C12H15NO2. The third-order valence-electron chi connectivity index (χ3n) is 2.85. The van der Waals surface area contributed by atoms with E-state index < -0.39 is 5.97 Å². The Labute approximate surface area is 89.1 Å². The molecule has 2 rings (SSSR count). The van der Waals surface area contributed by atoms with Crippen molar-refractivity contribution in [2.24, 2.45) is 0 Å². The maximum atomic E-state index is 10.6. The smallest absolute Gasteiger partial charge is 0.335 e. The lowest BCUT2D eigenvalue weighted by Crippen LogP contribution is -2.23. The molecule has 15 heavy (non-hydrogen) atoms. The molecule has 1 atom stereocenters. The van der Waals surface area contributed by atoms with Crippen LogP contribution in [-0.4, -0.2) is 23.7 Å². The molecule has 3 nitrogen and oxygen atoms in total. The van der Waals surface area contributed by atoms with Crippen molar-refractivity contribution in [3.8, 4) is 0 Å². The van der Waals surface area contributed by atoms with Gasteiger partial charge in [0, 0.05) is 6.04 Å². The molecule has 1 aliphatic heterocycles. The highest BCUT2D eigenvalue weighted by Gasteiger charge is 2.14. The first-order valence-electron chi connectivity index (χ1n) is 5.31. The summed E-state index contributed by atoms with van der Waals surface area (Å²) in [6.07, 6.45) is 3.47. The lowest BCUT2D eigenvalue weighted by atomic mass is 10.0. The van der Waals surface area contributed by atoms with Crippen LogP contribution in [0.3, 0.4) is 0 Å². The Morgan fingerprint density at radius 3 is 2.67 bits per heavy atom. The van der Waals surface area contributed by atoms with Crippen molar-refractivity contribution >= 4 is 5.97 Å². The van der Waals surface area contributed by atoms with Crippen LogP contribution >= 0.6 is 0 Å². The number of benzene rings is 1. The van der Waals surface area contributed by atoms with Gasteiger partial charge in [0.1, 0.15) is 0 Å². The summed E-state index contributed by atoms with van der Waals surface area (Å²) in [7, 11) is 0. The van der Waals surface area contributed by atoms with E-state index >= 15 is 0 Å². The second-order valence-corrected chi connectivity index (χ2v) is 4.00. The van der Waals surface area contributed by atoms with E-state index in [4.69, 9.17) is 5.11 Å². The molecule has 1 aromatic carbocycles. The molecule has 2 N–H and O–H groups in total. The van der Waals surface area contributed by atoms with Crippen molar-refractivity contribution in [1.29, 1.82) is 0 Å². The first kappa shape index (κ1) is 10.2. The summed E-state index contributed by atoms with van der Waals surface area (Å²) >= 11 is 0. The van der Waals surface area contributed by atoms with Gasteiger partial charge < -0.3 is 10.4 Å². The summed E-state index contributed by atoms with van der Waals surface area (Å²) in [5.74, 6) is -0.861. The van der Waals surface area contributed by atoms with Gasteiger partial charge in [-0.05, 0) is 43.5 Å². The molecule has 80 valence electrons. The van der Waals surface area contributed by atoms with Crippen molar-refractivity contribution in [2.45, 2.75) is 25.3 Å². The molecule has 0 saturated carbocycles. The van der Waals surface area contributed by atoms with E-state index in [2.05, 4.69) is 5.32 Å². The molecule has 0 spiro atoms. The monoisotopic (exact) mass is 205 g/mol. The average molecular weight is 205 g/mol. The minimum absolute atomic E-state index is 0.359. The highest BCUT2D eigenvalue weighted by molar-refractivity contribution is 5.87. The van der Waals surface area contributed by atoms with Crippen LogP contribution in [0.15, 0.2) is 24.3 Å². The average Bonchev–Trinajstić information content (AvgIpc) is 2.71. The summed E-state index contributed by atoms with van der Waals surface area (Å²) in [5, 5.41) is 12.2. The standard InChI is InChI=1S/C12H15NO2/c14-12(15)10-5-3-9(4-6-10)8-11-2-1-7-13-11/h3-6,11,13H,1-2,7-8H2,(H,14,15). The SMILES string of the molecule is O=C(O)c1ccc(CC2CCCN2)cc1. The van der Waals surface area contributed by atoms with Crippen LogP contribution in [0.4, 0.5) is 0 Å². The minimum atomic E-state index is -0.861. The van der Waals surface area contributed by atoms with Crippen molar-refractivity contribution in [3.63, 3.8) is 0 Å². The molecule has 1 aromatic rings. The largest absolute Gasteiger partial charge is 0.478 e. The van der Waals surface area contributed by atoms with Gasteiger partial charge in [-0.2, -0.15) is 0 Å². The molecule has 1 unspecified atom stereocenters. The molecule has 0 aromatic heterocycles. The van der Waals surface area contributed by atoms with E-state index in [1.165, 1.54) is 18.4 Å². The molecular weight excluding hydrogens is 190 g/mol. The van der Waals surface area contributed by atoms with E-state index in [1.807, 2.05) is 12.1 Å². The molecule has 3 heteroatoms. The van der Waals surface area contributed by atoms with Crippen molar-refractivity contribution in [2.75, 3.05) is 6.54 Å². The Morgan fingerprint density at radius 2 is 2.13 bits per heavy atom. The van der Waals surface area contributed by atoms with E-state index in [9.17, 15) is 4.79 Å². The van der Waals surface area contributed by atoms with Crippen LogP contribution in [0.2, 0.25) is 0 Å². The summed E-state index contributed by atoms with van der Waals surface area (Å²) in [5.41, 5.74) is 1.57. The first-order valence-corrected chi connectivity index (χ1v) is 5.31. The van der Waals surface area contributed by atoms with Gasteiger partial charge in [0.15, 0.2) is 0 Å². The molecule has 0 radical (unpaired) electrons. The minimum Gasteiger partial charge on any atom is -0.478 e. The van der Waals surface area contributed by atoms with E-state index in [-0.39, 0.29) is 0 Å². The Hall–Kier alpha value is -1.35. The number of carboxylic acids is 1. The Bertz CT molecular complexity index is 339. The van der Waals surface area contributed by atoms with E-state index in [0.717, 1.165) is 13.0 Å². The van der Waals surface area contributed by atoms with Gasteiger partial charge in [-0.1, -0.05) is 12.1 Å². The number of hydrogen-bond donors (Lipinski definition) is 2. The van der Waals surface area contributed by atoms with Crippen molar-refractivity contribution in [3.05, 3.63) is 35.4 Å².